The van der Waals surface area contributed by atoms with Crippen molar-refractivity contribution in [2.45, 2.75) is 120 Å². The number of carbonyl (C=O) groups excluding carboxylic acids is 11. The van der Waals surface area contributed by atoms with Crippen molar-refractivity contribution in [3.63, 3.8) is 0 Å². The molecule has 2 unspecified atom stereocenters. The van der Waals surface area contributed by atoms with Crippen molar-refractivity contribution in [2.24, 2.45) is 41.1 Å². The van der Waals surface area contributed by atoms with Crippen LogP contribution < -0.4 is 48.1 Å². The van der Waals surface area contributed by atoms with Crippen LogP contribution in [-0.4, -0.2) is 286 Å². The van der Waals surface area contributed by atoms with E-state index in [1.165, 1.54) is 30.7 Å². The monoisotopic (exact) mass is 1490 g/mol. The summed E-state index contributed by atoms with van der Waals surface area (Å²) in [5.41, 5.74) is 13.0. The molecule has 576 valence electrons. The third kappa shape index (κ3) is 26.4. The van der Waals surface area contributed by atoms with Crippen molar-refractivity contribution in [2.75, 3.05) is 150 Å². The van der Waals surface area contributed by atoms with Crippen LogP contribution >= 0.6 is 11.8 Å². The van der Waals surface area contributed by atoms with Crippen LogP contribution in [0.1, 0.15) is 77.3 Å². The molecule has 2 saturated heterocycles. The fraction of sp³-hybridized carbons (Fsp3) is 0.687. The molecule has 2 aromatic rings. The van der Waals surface area contributed by atoms with Crippen molar-refractivity contribution in [1.82, 2.24) is 46.7 Å². The van der Waals surface area contributed by atoms with Crippen molar-refractivity contribution in [3.05, 3.63) is 35.2 Å². The van der Waals surface area contributed by atoms with Gasteiger partial charge in [0.2, 0.25) is 53.2 Å². The minimum atomic E-state index is -2.41. The lowest BCUT2D eigenvalue weighted by Crippen LogP contribution is -2.60. The Balaban J connectivity index is 1.07. The molecule has 1 aromatic carbocycles. The lowest BCUT2D eigenvalue weighted by Gasteiger charge is -2.32. The molecule has 14 N–H and O–H groups in total. The zero-order valence-corrected chi connectivity index (χ0v) is 60.8. The predicted octanol–water partition coefficient (Wildman–Crippen LogP) is -3.30. The highest BCUT2D eigenvalue weighted by Gasteiger charge is 2.45. The van der Waals surface area contributed by atoms with Crippen LogP contribution in [0.5, 0.6) is 5.75 Å². The summed E-state index contributed by atoms with van der Waals surface area (Å²) in [6.45, 7) is 9.29. The van der Waals surface area contributed by atoms with E-state index < -0.39 is 181 Å². The molecule has 9 amide bonds. The van der Waals surface area contributed by atoms with Gasteiger partial charge in [-0.15, -0.1) is 0 Å². The van der Waals surface area contributed by atoms with Gasteiger partial charge in [-0.25, -0.2) is 0 Å². The Morgan fingerprint density at radius 3 is 1.96 bits per heavy atom. The first-order valence-corrected chi connectivity index (χ1v) is 37.1. The average Bonchev–Trinajstić information content (AvgIpc) is 1.63. The number of likely N-dealkylation sites (tertiary alicyclic amines) is 1. The van der Waals surface area contributed by atoms with Crippen molar-refractivity contribution < 1.29 is 110 Å². The van der Waals surface area contributed by atoms with Gasteiger partial charge in [-0.05, 0) is 30.0 Å². The smallest absolute Gasteiger partial charge is 0.246 e. The maximum Gasteiger partial charge on any atom is 0.246 e. The summed E-state index contributed by atoms with van der Waals surface area (Å²) in [5, 5.41) is 48.0. The second-order valence-corrected chi connectivity index (χ2v) is 28.2. The number of nitrogens with two attached hydrogens (primary N) is 2. The van der Waals surface area contributed by atoms with Crippen LogP contribution in [0.4, 0.5) is 0 Å². The quantitative estimate of drug-likeness (QED) is 0.0233. The Labute approximate surface area is 604 Å². The molecule has 36 heteroatoms. The Hall–Kier alpha value is -7.23. The van der Waals surface area contributed by atoms with Gasteiger partial charge in [0.1, 0.15) is 28.9 Å². The summed E-state index contributed by atoms with van der Waals surface area (Å²) in [6.07, 6.45) is -3.61. The minimum absolute atomic E-state index is 0.0551. The molecule has 34 nitrogen and oxygen atoms in total. The van der Waals surface area contributed by atoms with E-state index in [4.69, 9.17) is 49.4 Å². The predicted molar refractivity (Wildman–Crippen MR) is 372 cm³/mol. The zero-order chi connectivity index (χ0) is 75.1. The van der Waals surface area contributed by atoms with Gasteiger partial charge in [-0.2, -0.15) is 11.8 Å². The molecule has 1 aromatic heterocycles. The van der Waals surface area contributed by atoms with Crippen LogP contribution in [0.2, 0.25) is 0 Å². The first-order chi connectivity index (χ1) is 49.4. The first kappa shape index (κ1) is 84.7. The van der Waals surface area contributed by atoms with Gasteiger partial charge in [-0.1, -0.05) is 34.1 Å². The number of aliphatic hydroxyl groups excluding tert-OH is 3. The summed E-state index contributed by atoms with van der Waals surface area (Å²) in [5.74, 6) is -12.9. The van der Waals surface area contributed by atoms with E-state index in [0.29, 0.717) is 126 Å². The number of nitrogens with zero attached hydrogens (tertiary/aromatic N) is 2. The number of carbonyl (C=O) groups is 11. The maximum absolute atomic E-state index is 15.4. The molecule has 4 aliphatic heterocycles. The SMILES string of the molecule is CC[C@H](C)[C@@H]1CC(=O)CNC(=O)[C@H]2CC(=O)[C@H]([C@@H](C)[C@@H](O)CO)NC(=O)[C@@H]3C[C@@H](O)CN3C(=O)[C@H](CC(N)=O)NC(=O)[C@@H](CS(=O)c3[nH]c4c(CSCCOCCOCCOCCOCCOCCOCCOCCN/C=C(\N)CN5C(=O)CC(C)C5=O)c(OC)ccc4c3C2)NC(=O)CNC1=O. The number of aromatic amines is 1. The topological polar surface area (TPSA) is 486 Å². The number of rotatable bonds is 37. The third-order valence-electron chi connectivity index (χ3n) is 18.0. The van der Waals surface area contributed by atoms with Crippen molar-refractivity contribution >= 4 is 98.2 Å². The van der Waals surface area contributed by atoms with Crippen LogP contribution in [0, 0.1) is 29.6 Å². The van der Waals surface area contributed by atoms with Crippen LogP contribution in [-0.2, 0) is 109 Å². The fourth-order valence-electron chi connectivity index (χ4n) is 12.0. The number of aliphatic hydroxyl groups is 3. The van der Waals surface area contributed by atoms with Gasteiger partial charge in [0.05, 0.1) is 173 Å². The molecule has 12 atom stereocenters. The number of ether oxygens (including phenoxy) is 8. The number of fused-ring (bicyclic) bond motifs is 5. The fourth-order valence-corrected chi connectivity index (χ4v) is 14.3. The molecule has 0 aliphatic carbocycles. The van der Waals surface area contributed by atoms with Crippen molar-refractivity contribution in [1.29, 1.82) is 0 Å². The molecular weight excluding hydrogens is 1390 g/mol. The molecule has 0 radical (unpaired) electrons. The highest BCUT2D eigenvalue weighted by Crippen LogP contribution is 2.37. The number of ketones is 2. The molecule has 6 rings (SSSR count). The average molecular weight is 1490 g/mol. The van der Waals surface area contributed by atoms with Gasteiger partial charge >= 0.3 is 0 Å². The number of Topliss-reactive ketones (excluding diaryl/α,β-unsaturated/α-hetero) is 2. The van der Waals surface area contributed by atoms with E-state index in [-0.39, 0.29) is 66.7 Å². The Morgan fingerprint density at radius 1 is 0.767 bits per heavy atom. The van der Waals surface area contributed by atoms with E-state index >= 15 is 9.00 Å². The third-order valence-corrected chi connectivity index (χ3v) is 20.4. The second kappa shape index (κ2) is 43.9. The zero-order valence-electron chi connectivity index (χ0n) is 59.2. The van der Waals surface area contributed by atoms with Crippen LogP contribution in [0.15, 0.2) is 29.1 Å². The van der Waals surface area contributed by atoms with E-state index in [1.54, 1.807) is 39.1 Å². The number of methoxy groups -OCH3 is 1. The molecule has 5 heterocycles. The lowest BCUT2D eigenvalue weighted by atomic mass is 9.85. The molecule has 0 saturated carbocycles. The highest BCUT2D eigenvalue weighted by atomic mass is 32.2. The molecule has 4 aliphatic rings. The van der Waals surface area contributed by atoms with Gasteiger partial charge in [-0.3, -0.25) is 61.8 Å². The molecular formula is C67H103N11O23S2. The normalized spacial score (nSPS) is 24.1. The minimum Gasteiger partial charge on any atom is -0.496 e. The standard InChI is InChI=1S/C67H103N11O23S2/c1-6-39(2)47-28-44(80)32-71-61(87)42-26-48-46-7-8-55(94-5)49(37-102-24-23-101-22-21-100-20-19-99-18-17-98-16-15-97-14-13-96-12-11-95-10-9-70-31-43(68)34-78-58(86)25-40(3)66(78)91)60(46)76-65(48)103(93)38-51(73-57(85)33-72-62(47)88)63(89)74-50(30-56(69)84)67(92)77-35-45(81)29-52(77)64(90)75-59(53(82)27-42)41(4)54(83)36-79/h7-8,31,39-42,45,47,50-52,54,59,70,76,79,81,83H,6,9-30,32-38,68H2,1-5H3,(H2,69,84)(H,71,87)(H,72,88)(H,73,85)(H,74,89)(H,75,90)/b43-31-/t39-,40?,41-,42+,45+,47-,50-,51+,52-,54-,59-,103?/m0/s1. The number of H-pyrrole nitrogens is 1. The number of imide groups is 1. The summed E-state index contributed by atoms with van der Waals surface area (Å²) < 4.78 is 60.5. The number of thioether (sulfide) groups is 1. The van der Waals surface area contributed by atoms with Gasteiger partial charge in [0, 0.05) is 96.8 Å². The first-order valence-electron chi connectivity index (χ1n) is 34.7. The Morgan fingerprint density at radius 2 is 1.38 bits per heavy atom. The summed E-state index contributed by atoms with van der Waals surface area (Å²) in [7, 11) is -0.964. The largest absolute Gasteiger partial charge is 0.496 e. The summed E-state index contributed by atoms with van der Waals surface area (Å²) >= 11 is 1.45. The van der Waals surface area contributed by atoms with Crippen molar-refractivity contribution in [3.8, 4) is 5.75 Å². The van der Waals surface area contributed by atoms with E-state index in [2.05, 4.69) is 36.9 Å². The number of amides is 9. The number of hydrogen-bond donors (Lipinski definition) is 12. The van der Waals surface area contributed by atoms with E-state index in [9.17, 15) is 63.3 Å². The number of aromatic nitrogens is 1. The highest BCUT2D eigenvalue weighted by molar-refractivity contribution is 7.98. The second-order valence-electron chi connectivity index (χ2n) is 25.6. The lowest BCUT2D eigenvalue weighted by molar-refractivity contribution is -0.144. The number of benzene rings is 1. The summed E-state index contributed by atoms with van der Waals surface area (Å²) in [6, 6.07) is -3.66. The van der Waals surface area contributed by atoms with Gasteiger partial charge < -0.3 is 106 Å². The summed E-state index contributed by atoms with van der Waals surface area (Å²) in [4.78, 5) is 157. The van der Waals surface area contributed by atoms with Gasteiger partial charge in [0.25, 0.3) is 0 Å². The van der Waals surface area contributed by atoms with E-state index in [1.807, 2.05) is 0 Å². The number of primary amides is 1. The maximum atomic E-state index is 15.4. The number of hydrogen-bond acceptors (Lipinski definition) is 26. The molecule has 2 fully saturated rings. The Kier molecular flexibility index (Phi) is 36.1. The molecule has 0 spiro atoms. The van der Waals surface area contributed by atoms with Gasteiger partial charge in [0.15, 0.2) is 11.6 Å². The van der Waals surface area contributed by atoms with E-state index in [0.717, 1.165) is 4.90 Å². The Bertz CT molecular complexity index is 3270. The molecule has 2 bridgehead atoms. The number of nitrogens with one attached hydrogen (secondary N) is 7. The molecule has 103 heavy (non-hydrogen) atoms. The van der Waals surface area contributed by atoms with Crippen LogP contribution in [0.25, 0.3) is 10.9 Å². The van der Waals surface area contributed by atoms with Crippen LogP contribution in [0.3, 0.4) is 0 Å².